The van der Waals surface area contributed by atoms with Crippen LogP contribution < -0.4 is 11.1 Å². The number of fused-ring (bicyclic) bond motifs is 1. The topological polar surface area (TPSA) is 92.5 Å². The highest BCUT2D eigenvalue weighted by Gasteiger charge is 2.29. The molecule has 0 saturated heterocycles. The van der Waals surface area contributed by atoms with Gasteiger partial charge in [-0.1, -0.05) is 6.07 Å². The Morgan fingerprint density at radius 1 is 1.27 bits per heavy atom. The van der Waals surface area contributed by atoms with Crippen LogP contribution in [0.15, 0.2) is 40.6 Å². The van der Waals surface area contributed by atoms with Crippen LogP contribution in [0, 0.1) is 0 Å². The van der Waals surface area contributed by atoms with Gasteiger partial charge in [0.15, 0.2) is 0 Å². The number of nitrogens with one attached hydrogen (secondary N) is 1. The molecule has 8 heteroatoms. The number of nitrogens with zero attached hydrogens (tertiary/aromatic N) is 1. The summed E-state index contributed by atoms with van der Waals surface area (Å²) in [6.45, 7) is 1.97. The molecule has 140 valence electrons. The minimum atomic E-state index is -3.63. The number of hydrogen-bond acceptors (Lipinski definition) is 5. The van der Waals surface area contributed by atoms with Crippen LogP contribution in [0.5, 0.6) is 0 Å². The minimum absolute atomic E-state index is 0.158. The maximum atomic E-state index is 13.0. The van der Waals surface area contributed by atoms with Gasteiger partial charge in [0.1, 0.15) is 0 Å². The molecule has 0 aliphatic carbocycles. The predicted molar refractivity (Wildman–Crippen MR) is 103 cm³/mol. The van der Waals surface area contributed by atoms with Crippen molar-refractivity contribution in [1.29, 1.82) is 0 Å². The number of carbonyl (C=O) groups is 1. The number of amides is 1. The van der Waals surface area contributed by atoms with Gasteiger partial charge in [0.2, 0.25) is 10.0 Å². The number of benzene rings is 1. The Morgan fingerprint density at radius 3 is 2.92 bits per heavy atom. The van der Waals surface area contributed by atoms with Crippen LogP contribution >= 0.6 is 11.3 Å². The molecule has 2 aromatic rings. The molecule has 3 rings (SSSR count). The minimum Gasteiger partial charge on any atom is -0.352 e. The molecule has 3 N–H and O–H groups in total. The molecule has 0 spiro atoms. The highest BCUT2D eigenvalue weighted by atomic mass is 32.2. The van der Waals surface area contributed by atoms with E-state index < -0.39 is 10.0 Å². The van der Waals surface area contributed by atoms with Gasteiger partial charge in [0, 0.05) is 30.1 Å². The summed E-state index contributed by atoms with van der Waals surface area (Å²) in [6, 6.07) is 8.22. The Bertz CT molecular complexity index is 877. The third-order valence-electron chi connectivity index (χ3n) is 4.42. The lowest BCUT2D eigenvalue weighted by Gasteiger charge is -2.26. The van der Waals surface area contributed by atoms with E-state index in [9.17, 15) is 13.2 Å². The molecule has 1 aliphatic heterocycles. The van der Waals surface area contributed by atoms with Crippen molar-refractivity contribution >= 4 is 27.3 Å². The van der Waals surface area contributed by atoms with E-state index in [0.717, 1.165) is 24.8 Å². The Hall–Kier alpha value is -1.74. The third-order valence-corrected chi connectivity index (χ3v) is 7.29. The van der Waals surface area contributed by atoms with Gasteiger partial charge in [0.25, 0.3) is 5.91 Å². The largest absolute Gasteiger partial charge is 0.352 e. The van der Waals surface area contributed by atoms with Crippen molar-refractivity contribution in [2.75, 3.05) is 19.6 Å². The van der Waals surface area contributed by atoms with Crippen molar-refractivity contribution in [2.45, 2.75) is 30.7 Å². The van der Waals surface area contributed by atoms with Crippen molar-refractivity contribution in [3.8, 4) is 0 Å². The zero-order valence-electron chi connectivity index (χ0n) is 14.5. The number of unbranched alkanes of at least 4 members (excludes halogenated alkanes) is 1. The first-order valence-electron chi connectivity index (χ1n) is 8.66. The van der Waals surface area contributed by atoms with E-state index >= 15 is 0 Å². The van der Waals surface area contributed by atoms with Crippen LogP contribution in [0.2, 0.25) is 0 Å². The highest BCUT2D eigenvalue weighted by molar-refractivity contribution is 7.89. The second kappa shape index (κ2) is 8.30. The average Bonchev–Trinajstić information content (AvgIpc) is 3.13. The van der Waals surface area contributed by atoms with Gasteiger partial charge >= 0.3 is 0 Å². The summed E-state index contributed by atoms with van der Waals surface area (Å²) in [7, 11) is -3.63. The fourth-order valence-corrected chi connectivity index (χ4v) is 5.30. The second-order valence-corrected chi connectivity index (χ2v) is 9.18. The smallest absolute Gasteiger partial charge is 0.251 e. The Labute approximate surface area is 158 Å². The lowest BCUT2D eigenvalue weighted by atomic mass is 10.1. The zero-order chi connectivity index (χ0) is 18.6. The monoisotopic (exact) mass is 393 g/mol. The highest BCUT2D eigenvalue weighted by Crippen LogP contribution is 2.28. The number of nitrogens with two attached hydrogens (primary N) is 1. The summed E-state index contributed by atoms with van der Waals surface area (Å²) in [5.41, 5.74) is 6.86. The van der Waals surface area contributed by atoms with Gasteiger partial charge in [0.05, 0.1) is 4.90 Å². The van der Waals surface area contributed by atoms with E-state index in [1.54, 1.807) is 29.5 Å². The van der Waals surface area contributed by atoms with Crippen molar-refractivity contribution < 1.29 is 13.2 Å². The van der Waals surface area contributed by atoms with Crippen LogP contribution in [0.3, 0.4) is 0 Å². The Morgan fingerprint density at radius 2 is 2.12 bits per heavy atom. The number of hydrogen-bond donors (Lipinski definition) is 2. The molecule has 26 heavy (non-hydrogen) atoms. The summed E-state index contributed by atoms with van der Waals surface area (Å²) >= 11 is 1.67. The SMILES string of the molecule is NCCCCNC(=O)c1cccc(S(=O)(=O)N2CCc3sccc3C2)c1. The molecule has 1 aromatic carbocycles. The van der Waals surface area contributed by atoms with E-state index in [2.05, 4.69) is 5.32 Å². The molecule has 1 aromatic heterocycles. The van der Waals surface area contributed by atoms with Crippen LogP contribution in [-0.2, 0) is 23.0 Å². The maximum Gasteiger partial charge on any atom is 0.251 e. The van der Waals surface area contributed by atoms with E-state index in [0.29, 0.717) is 31.7 Å². The number of carbonyl (C=O) groups excluding carboxylic acids is 1. The standard InChI is InChI=1S/C18H23N3O3S2/c19-8-1-2-9-20-18(22)14-4-3-5-16(12-14)26(23,24)21-10-6-17-15(13-21)7-11-25-17/h3-5,7,11-12H,1-2,6,8-10,13,19H2,(H,20,22). The molecule has 0 radical (unpaired) electrons. The summed E-state index contributed by atoms with van der Waals surface area (Å²) in [5, 5.41) is 4.80. The lowest BCUT2D eigenvalue weighted by Crippen LogP contribution is -2.35. The first-order valence-corrected chi connectivity index (χ1v) is 11.0. The normalized spacial score (nSPS) is 14.8. The third kappa shape index (κ3) is 4.15. The van der Waals surface area contributed by atoms with E-state index in [-0.39, 0.29) is 10.8 Å². The number of sulfonamides is 1. The number of rotatable bonds is 7. The van der Waals surface area contributed by atoms with Crippen molar-refractivity contribution in [1.82, 2.24) is 9.62 Å². The van der Waals surface area contributed by atoms with Crippen LogP contribution in [-0.4, -0.2) is 38.3 Å². The first-order chi connectivity index (χ1) is 12.5. The van der Waals surface area contributed by atoms with E-state index in [4.69, 9.17) is 5.73 Å². The molecular formula is C18H23N3O3S2. The van der Waals surface area contributed by atoms with Crippen LogP contribution in [0.25, 0.3) is 0 Å². The predicted octanol–water partition coefficient (Wildman–Crippen LogP) is 1.96. The van der Waals surface area contributed by atoms with Gasteiger partial charge in [-0.25, -0.2) is 8.42 Å². The molecule has 0 fully saturated rings. The van der Waals surface area contributed by atoms with Crippen LogP contribution in [0.4, 0.5) is 0 Å². The Balaban J connectivity index is 1.73. The summed E-state index contributed by atoms with van der Waals surface area (Å²) in [4.78, 5) is 13.7. The fraction of sp³-hybridized carbons (Fsp3) is 0.389. The molecule has 1 amide bonds. The molecule has 0 atom stereocenters. The molecule has 2 heterocycles. The van der Waals surface area contributed by atoms with Gasteiger partial charge in [-0.15, -0.1) is 11.3 Å². The average molecular weight is 394 g/mol. The fourth-order valence-electron chi connectivity index (χ4n) is 2.95. The Kier molecular flexibility index (Phi) is 6.08. The van der Waals surface area contributed by atoms with Gasteiger partial charge in [-0.05, 0) is 61.0 Å². The van der Waals surface area contributed by atoms with Gasteiger partial charge < -0.3 is 11.1 Å². The van der Waals surface area contributed by atoms with Crippen molar-refractivity contribution in [2.24, 2.45) is 5.73 Å². The second-order valence-electron chi connectivity index (χ2n) is 6.24. The molecular weight excluding hydrogens is 370 g/mol. The number of thiophene rings is 1. The summed E-state index contributed by atoms with van der Waals surface area (Å²) in [6.07, 6.45) is 2.37. The molecule has 0 bridgehead atoms. The van der Waals surface area contributed by atoms with Crippen LogP contribution in [0.1, 0.15) is 33.6 Å². The van der Waals surface area contributed by atoms with Crippen molar-refractivity contribution in [3.63, 3.8) is 0 Å². The molecule has 0 saturated carbocycles. The first kappa shape index (κ1) is 19.0. The van der Waals surface area contributed by atoms with E-state index in [1.807, 2.05) is 11.4 Å². The maximum absolute atomic E-state index is 13.0. The van der Waals surface area contributed by atoms with E-state index in [1.165, 1.54) is 15.2 Å². The molecule has 6 nitrogen and oxygen atoms in total. The van der Waals surface area contributed by atoms with Gasteiger partial charge in [-0.3, -0.25) is 4.79 Å². The zero-order valence-corrected chi connectivity index (χ0v) is 16.1. The summed E-state index contributed by atoms with van der Waals surface area (Å²) < 4.78 is 27.4. The summed E-state index contributed by atoms with van der Waals surface area (Å²) in [5.74, 6) is -0.266. The lowest BCUT2D eigenvalue weighted by molar-refractivity contribution is 0.0953. The molecule has 1 aliphatic rings. The van der Waals surface area contributed by atoms with Gasteiger partial charge in [-0.2, -0.15) is 4.31 Å². The van der Waals surface area contributed by atoms with Crippen molar-refractivity contribution in [3.05, 3.63) is 51.7 Å². The quantitative estimate of drug-likeness (QED) is 0.704. The molecule has 0 unspecified atom stereocenters.